The number of carbonyl (C=O) groups excluding carboxylic acids is 1. The van der Waals surface area contributed by atoms with Crippen LogP contribution in [-0.4, -0.2) is 39.8 Å². The Balaban J connectivity index is 1.66. The van der Waals surface area contributed by atoms with Gasteiger partial charge in [0, 0.05) is 10.4 Å². The van der Waals surface area contributed by atoms with E-state index in [0.29, 0.717) is 10.8 Å². The molecule has 3 rings (SSSR count). The van der Waals surface area contributed by atoms with E-state index in [1.165, 1.54) is 19.1 Å². The number of amides is 1. The molecule has 3 aromatic carbocycles. The number of benzene rings is 3. The molecule has 1 atom stereocenters. The minimum Gasteiger partial charge on any atom is -0.491 e. The van der Waals surface area contributed by atoms with Gasteiger partial charge < -0.3 is 10.1 Å². The summed E-state index contributed by atoms with van der Waals surface area (Å²) < 4.78 is 31.6. The molecular weight excluding hydrogens is 459 g/mol. The third-order valence-corrected chi connectivity index (χ3v) is 6.42. The Morgan fingerprint density at radius 1 is 1.10 bits per heavy atom. The van der Waals surface area contributed by atoms with E-state index in [2.05, 4.69) is 5.32 Å². The standard InChI is InChI=1S/C22H22Cl2N2O4S/c1-15(26(31(2,28)29)20-14-17(23)10-11-19(20)24)22(27)25-12-13-30-21-9-5-7-16-6-3-4-8-18(16)21/h3-11,14-15H,12-13H2,1-2H3,(H,25,27)/t15-/m0/s1. The van der Waals surface area contributed by atoms with Crippen LogP contribution >= 0.6 is 23.2 Å². The second kappa shape index (κ2) is 9.77. The van der Waals surface area contributed by atoms with Gasteiger partial charge in [0.05, 0.1) is 23.5 Å². The Kier molecular flexibility index (Phi) is 7.30. The van der Waals surface area contributed by atoms with Crippen molar-refractivity contribution in [3.8, 4) is 5.75 Å². The smallest absolute Gasteiger partial charge is 0.243 e. The lowest BCUT2D eigenvalue weighted by Crippen LogP contribution is -2.48. The van der Waals surface area contributed by atoms with Crippen LogP contribution in [0.5, 0.6) is 5.75 Å². The molecule has 0 saturated heterocycles. The van der Waals surface area contributed by atoms with E-state index in [9.17, 15) is 13.2 Å². The SMILES string of the molecule is C[C@@H](C(=O)NCCOc1cccc2ccccc12)N(c1cc(Cl)ccc1Cl)S(C)(=O)=O. The summed E-state index contributed by atoms with van der Waals surface area (Å²) in [5.74, 6) is 0.229. The molecular formula is C22H22Cl2N2O4S. The predicted octanol–water partition coefficient (Wildman–Crippen LogP) is 4.50. The number of ether oxygens (including phenoxy) is 1. The molecule has 0 heterocycles. The lowest BCUT2D eigenvalue weighted by molar-refractivity contribution is -0.121. The summed E-state index contributed by atoms with van der Waals surface area (Å²) in [5, 5.41) is 5.23. The number of anilines is 1. The number of nitrogens with zero attached hydrogens (tertiary/aromatic N) is 1. The van der Waals surface area contributed by atoms with Crippen molar-refractivity contribution < 1.29 is 17.9 Å². The van der Waals surface area contributed by atoms with Gasteiger partial charge in [-0.25, -0.2) is 8.42 Å². The van der Waals surface area contributed by atoms with E-state index in [1.807, 2.05) is 42.5 Å². The number of nitrogens with one attached hydrogen (secondary N) is 1. The van der Waals surface area contributed by atoms with Crippen molar-refractivity contribution in [3.63, 3.8) is 0 Å². The Morgan fingerprint density at radius 3 is 2.55 bits per heavy atom. The lowest BCUT2D eigenvalue weighted by Gasteiger charge is -2.29. The highest BCUT2D eigenvalue weighted by molar-refractivity contribution is 7.92. The van der Waals surface area contributed by atoms with Crippen LogP contribution in [0.15, 0.2) is 60.7 Å². The Labute approximate surface area is 191 Å². The van der Waals surface area contributed by atoms with E-state index in [4.69, 9.17) is 27.9 Å². The first kappa shape index (κ1) is 23.2. The highest BCUT2D eigenvalue weighted by Gasteiger charge is 2.30. The van der Waals surface area contributed by atoms with Gasteiger partial charge in [0.2, 0.25) is 15.9 Å². The lowest BCUT2D eigenvalue weighted by atomic mass is 10.1. The number of rotatable bonds is 8. The average molecular weight is 481 g/mol. The molecule has 0 fully saturated rings. The fourth-order valence-electron chi connectivity index (χ4n) is 3.24. The third kappa shape index (κ3) is 5.61. The van der Waals surface area contributed by atoms with Crippen LogP contribution in [0.1, 0.15) is 6.92 Å². The van der Waals surface area contributed by atoms with Gasteiger partial charge in [-0.2, -0.15) is 0 Å². The van der Waals surface area contributed by atoms with E-state index in [1.54, 1.807) is 6.07 Å². The van der Waals surface area contributed by atoms with E-state index in [-0.39, 0.29) is 23.9 Å². The topological polar surface area (TPSA) is 75.7 Å². The third-order valence-electron chi connectivity index (χ3n) is 4.64. The minimum atomic E-state index is -3.80. The maximum Gasteiger partial charge on any atom is 0.243 e. The van der Waals surface area contributed by atoms with Crippen LogP contribution in [0.2, 0.25) is 10.0 Å². The first-order valence-corrected chi connectivity index (χ1v) is 12.1. The molecule has 0 aromatic heterocycles. The first-order chi connectivity index (χ1) is 14.7. The normalized spacial score (nSPS) is 12.4. The molecule has 0 radical (unpaired) electrons. The molecule has 9 heteroatoms. The van der Waals surface area contributed by atoms with Gasteiger partial charge in [0.15, 0.2) is 0 Å². The minimum absolute atomic E-state index is 0.145. The fraction of sp³-hybridized carbons (Fsp3) is 0.227. The summed E-state index contributed by atoms with van der Waals surface area (Å²) in [6.45, 7) is 1.91. The van der Waals surface area contributed by atoms with E-state index >= 15 is 0 Å². The van der Waals surface area contributed by atoms with Crippen molar-refractivity contribution in [1.82, 2.24) is 5.32 Å². The zero-order valence-electron chi connectivity index (χ0n) is 17.0. The highest BCUT2D eigenvalue weighted by Crippen LogP contribution is 2.32. The summed E-state index contributed by atoms with van der Waals surface area (Å²) in [5.41, 5.74) is 0.145. The summed E-state index contributed by atoms with van der Waals surface area (Å²) in [6.07, 6.45) is 1.01. The van der Waals surface area contributed by atoms with Crippen LogP contribution in [-0.2, 0) is 14.8 Å². The summed E-state index contributed by atoms with van der Waals surface area (Å²) in [4.78, 5) is 12.7. The molecule has 164 valence electrons. The van der Waals surface area contributed by atoms with Crippen LogP contribution in [0.25, 0.3) is 10.8 Å². The molecule has 6 nitrogen and oxygen atoms in total. The first-order valence-electron chi connectivity index (χ1n) is 9.51. The summed E-state index contributed by atoms with van der Waals surface area (Å²) >= 11 is 12.2. The van der Waals surface area contributed by atoms with Crippen LogP contribution in [0.4, 0.5) is 5.69 Å². The molecule has 31 heavy (non-hydrogen) atoms. The molecule has 0 aliphatic carbocycles. The summed E-state index contributed by atoms with van der Waals surface area (Å²) in [6, 6.07) is 17.0. The highest BCUT2D eigenvalue weighted by atomic mass is 35.5. The molecule has 3 aromatic rings. The van der Waals surface area contributed by atoms with Crippen molar-refractivity contribution in [2.45, 2.75) is 13.0 Å². The molecule has 1 N–H and O–H groups in total. The number of hydrogen-bond acceptors (Lipinski definition) is 4. The Bertz CT molecular complexity index is 1200. The van der Waals surface area contributed by atoms with Gasteiger partial charge >= 0.3 is 0 Å². The van der Waals surface area contributed by atoms with E-state index < -0.39 is 22.0 Å². The van der Waals surface area contributed by atoms with Gasteiger partial charge in [-0.1, -0.05) is 59.6 Å². The maximum atomic E-state index is 12.7. The summed E-state index contributed by atoms with van der Waals surface area (Å²) in [7, 11) is -3.80. The van der Waals surface area contributed by atoms with Gasteiger partial charge in [-0.3, -0.25) is 9.10 Å². The monoisotopic (exact) mass is 480 g/mol. The molecule has 0 bridgehead atoms. The van der Waals surface area contributed by atoms with Crippen LogP contribution < -0.4 is 14.4 Å². The average Bonchev–Trinajstić information content (AvgIpc) is 2.72. The van der Waals surface area contributed by atoms with Crippen molar-refractivity contribution in [1.29, 1.82) is 0 Å². The largest absolute Gasteiger partial charge is 0.491 e. The second-order valence-electron chi connectivity index (χ2n) is 6.95. The zero-order valence-corrected chi connectivity index (χ0v) is 19.3. The maximum absolute atomic E-state index is 12.7. The van der Waals surface area contributed by atoms with Crippen LogP contribution in [0, 0.1) is 0 Å². The van der Waals surface area contributed by atoms with Gasteiger partial charge in [0.1, 0.15) is 18.4 Å². The van der Waals surface area contributed by atoms with Gasteiger partial charge in [-0.15, -0.1) is 0 Å². The molecule has 0 spiro atoms. The Hall–Kier alpha value is -2.48. The number of halogens is 2. The predicted molar refractivity (Wildman–Crippen MR) is 126 cm³/mol. The number of fused-ring (bicyclic) bond motifs is 1. The number of carbonyl (C=O) groups is 1. The zero-order chi connectivity index (χ0) is 22.6. The number of sulfonamides is 1. The second-order valence-corrected chi connectivity index (χ2v) is 9.65. The molecule has 1 amide bonds. The Morgan fingerprint density at radius 2 is 1.81 bits per heavy atom. The quantitative estimate of drug-likeness (QED) is 0.481. The van der Waals surface area contributed by atoms with Gasteiger partial charge in [0.25, 0.3) is 0 Å². The van der Waals surface area contributed by atoms with Gasteiger partial charge in [-0.05, 0) is 36.6 Å². The molecule has 0 aliphatic rings. The van der Waals surface area contributed by atoms with E-state index in [0.717, 1.165) is 21.3 Å². The number of hydrogen-bond donors (Lipinski definition) is 1. The van der Waals surface area contributed by atoms with Crippen molar-refractivity contribution in [2.24, 2.45) is 0 Å². The van der Waals surface area contributed by atoms with Crippen LogP contribution in [0.3, 0.4) is 0 Å². The molecule has 0 unspecified atom stereocenters. The fourth-order valence-corrected chi connectivity index (χ4v) is 4.84. The molecule has 0 aliphatic heterocycles. The van der Waals surface area contributed by atoms with Crippen molar-refractivity contribution >= 4 is 55.6 Å². The van der Waals surface area contributed by atoms with Crippen molar-refractivity contribution in [2.75, 3.05) is 23.7 Å². The molecule has 0 saturated carbocycles. The van der Waals surface area contributed by atoms with Crippen molar-refractivity contribution in [3.05, 3.63) is 70.7 Å².